The number of esters is 1. The summed E-state index contributed by atoms with van der Waals surface area (Å²) in [5, 5.41) is 5.04. The number of carbonyl (C=O) groups excluding carboxylic acids is 2. The first kappa shape index (κ1) is 18.3. The number of carbonyl (C=O) groups is 2. The highest BCUT2D eigenvalue weighted by atomic mass is 32.2. The van der Waals surface area contributed by atoms with Crippen molar-refractivity contribution in [3.05, 3.63) is 22.4 Å². The van der Waals surface area contributed by atoms with Crippen LogP contribution in [-0.2, 0) is 20.1 Å². The predicted octanol–water partition coefficient (Wildman–Crippen LogP) is 3.75. The zero-order chi connectivity index (χ0) is 16.5. The average Bonchev–Trinajstić information content (AvgIpc) is 2.90. The zero-order valence-corrected chi connectivity index (χ0v) is 15.2. The fourth-order valence-electron chi connectivity index (χ4n) is 2.66. The van der Waals surface area contributed by atoms with Gasteiger partial charge in [-0.3, -0.25) is 9.59 Å². The smallest absolute Gasteiger partial charge is 0.316 e. The summed E-state index contributed by atoms with van der Waals surface area (Å²) in [6.07, 6.45) is 6.17. The van der Waals surface area contributed by atoms with Crippen LogP contribution in [0.3, 0.4) is 0 Å². The maximum Gasteiger partial charge on any atom is 0.316 e. The van der Waals surface area contributed by atoms with E-state index in [1.54, 1.807) is 18.3 Å². The predicted molar refractivity (Wildman–Crippen MR) is 95.7 cm³/mol. The van der Waals surface area contributed by atoms with E-state index in [-0.39, 0.29) is 23.7 Å². The lowest BCUT2D eigenvalue weighted by Crippen LogP contribution is -2.42. The molecule has 1 N–H and O–H groups in total. The van der Waals surface area contributed by atoms with E-state index in [1.807, 2.05) is 17.5 Å². The monoisotopic (exact) mass is 355 g/mol. The van der Waals surface area contributed by atoms with E-state index < -0.39 is 6.10 Å². The largest absolute Gasteiger partial charge is 0.452 e. The molecule has 128 valence electrons. The molecule has 4 nitrogen and oxygen atoms in total. The second-order valence-electron chi connectivity index (χ2n) is 5.90. The van der Waals surface area contributed by atoms with Crippen LogP contribution < -0.4 is 5.32 Å². The first-order chi connectivity index (χ1) is 11.1. The van der Waals surface area contributed by atoms with Crippen molar-refractivity contribution in [2.24, 2.45) is 0 Å². The number of hydrogen-bond acceptors (Lipinski definition) is 5. The molecule has 0 unspecified atom stereocenters. The van der Waals surface area contributed by atoms with Gasteiger partial charge < -0.3 is 10.1 Å². The minimum absolute atomic E-state index is 0.173. The summed E-state index contributed by atoms with van der Waals surface area (Å²) in [5.41, 5.74) is 0. The Morgan fingerprint density at radius 1 is 1.35 bits per heavy atom. The summed E-state index contributed by atoms with van der Waals surface area (Å²) < 4.78 is 5.24. The van der Waals surface area contributed by atoms with Crippen molar-refractivity contribution in [3.8, 4) is 0 Å². The van der Waals surface area contributed by atoms with Crippen molar-refractivity contribution in [2.45, 2.75) is 63.3 Å². The molecule has 1 aliphatic rings. The van der Waals surface area contributed by atoms with Gasteiger partial charge in [-0.25, -0.2) is 0 Å². The van der Waals surface area contributed by atoms with Crippen LogP contribution in [0.4, 0.5) is 0 Å². The van der Waals surface area contributed by atoms with Crippen LogP contribution >= 0.6 is 23.1 Å². The molecular formula is C17H25NO3S2. The van der Waals surface area contributed by atoms with Gasteiger partial charge in [0.15, 0.2) is 6.10 Å². The molecule has 2 rings (SSSR count). The van der Waals surface area contributed by atoms with Crippen LogP contribution in [0.1, 0.15) is 50.3 Å². The van der Waals surface area contributed by atoms with Crippen molar-refractivity contribution in [1.82, 2.24) is 5.32 Å². The van der Waals surface area contributed by atoms with Crippen LogP contribution in [0.5, 0.6) is 0 Å². The molecule has 1 atom stereocenters. The Bertz CT molecular complexity index is 482. The molecule has 1 saturated carbocycles. The fourth-order valence-corrected chi connectivity index (χ4v) is 4.30. The molecule has 0 bridgehead atoms. The van der Waals surface area contributed by atoms with Crippen LogP contribution in [0, 0.1) is 0 Å². The van der Waals surface area contributed by atoms with E-state index in [2.05, 4.69) is 5.32 Å². The molecule has 1 aromatic rings. The molecule has 23 heavy (non-hydrogen) atoms. The molecule has 0 aromatic carbocycles. The molecule has 0 spiro atoms. The van der Waals surface area contributed by atoms with Gasteiger partial charge in [0, 0.05) is 16.7 Å². The van der Waals surface area contributed by atoms with Gasteiger partial charge in [-0.2, -0.15) is 0 Å². The minimum atomic E-state index is -0.715. The first-order valence-electron chi connectivity index (χ1n) is 8.25. The Kier molecular flexibility index (Phi) is 7.95. The minimum Gasteiger partial charge on any atom is -0.452 e. The molecule has 1 amide bonds. The van der Waals surface area contributed by atoms with E-state index in [4.69, 9.17) is 4.74 Å². The van der Waals surface area contributed by atoms with Gasteiger partial charge in [0.25, 0.3) is 5.91 Å². The lowest BCUT2D eigenvalue weighted by molar-refractivity contribution is -0.152. The number of ether oxygens (including phenoxy) is 1. The molecule has 0 aliphatic heterocycles. The SMILES string of the molecule is C[C@@H](OC(=O)CSCc1cccs1)C(=O)NC1CCCCCC1. The zero-order valence-electron chi connectivity index (χ0n) is 13.6. The van der Waals surface area contributed by atoms with Crippen LogP contribution in [0.15, 0.2) is 17.5 Å². The van der Waals surface area contributed by atoms with Gasteiger partial charge >= 0.3 is 5.97 Å². The number of thioether (sulfide) groups is 1. The second kappa shape index (κ2) is 9.98. The number of rotatable bonds is 7. The summed E-state index contributed by atoms with van der Waals surface area (Å²) in [4.78, 5) is 25.2. The highest BCUT2D eigenvalue weighted by molar-refractivity contribution is 7.99. The first-order valence-corrected chi connectivity index (χ1v) is 10.3. The standard InChI is InChI=1S/C17H25NO3S2/c1-13(17(20)18-14-7-4-2-3-5-8-14)21-16(19)12-22-11-15-9-6-10-23-15/h6,9-10,13-14H,2-5,7-8,11-12H2,1H3,(H,18,20)/t13-/m1/s1. The molecular weight excluding hydrogens is 330 g/mol. The van der Waals surface area contributed by atoms with Crippen molar-refractivity contribution < 1.29 is 14.3 Å². The van der Waals surface area contributed by atoms with Crippen molar-refractivity contribution in [1.29, 1.82) is 0 Å². The van der Waals surface area contributed by atoms with E-state index in [0.29, 0.717) is 0 Å². The lowest BCUT2D eigenvalue weighted by atomic mass is 10.1. The van der Waals surface area contributed by atoms with Gasteiger partial charge in [-0.1, -0.05) is 31.7 Å². The van der Waals surface area contributed by atoms with Crippen LogP contribution in [0.2, 0.25) is 0 Å². The van der Waals surface area contributed by atoms with Gasteiger partial charge in [0.05, 0.1) is 5.75 Å². The van der Waals surface area contributed by atoms with Crippen molar-refractivity contribution >= 4 is 35.0 Å². The number of amides is 1. The summed E-state index contributed by atoms with van der Waals surface area (Å²) in [5.74, 6) is 0.581. The topological polar surface area (TPSA) is 55.4 Å². The Morgan fingerprint density at radius 2 is 2.09 bits per heavy atom. The Labute approximate surface area is 146 Å². The third-order valence-electron chi connectivity index (χ3n) is 3.92. The molecule has 1 heterocycles. The van der Waals surface area contributed by atoms with Gasteiger partial charge in [-0.15, -0.1) is 23.1 Å². The highest BCUT2D eigenvalue weighted by Gasteiger charge is 2.21. The van der Waals surface area contributed by atoms with Gasteiger partial charge in [-0.05, 0) is 31.2 Å². The summed E-state index contributed by atoms with van der Waals surface area (Å²) in [6.45, 7) is 1.65. The lowest BCUT2D eigenvalue weighted by Gasteiger charge is -2.19. The molecule has 1 aliphatic carbocycles. The van der Waals surface area contributed by atoms with Crippen molar-refractivity contribution in [2.75, 3.05) is 5.75 Å². The van der Waals surface area contributed by atoms with E-state index in [9.17, 15) is 9.59 Å². The maximum atomic E-state index is 12.1. The number of thiophene rings is 1. The number of hydrogen-bond donors (Lipinski definition) is 1. The second-order valence-corrected chi connectivity index (χ2v) is 7.92. The van der Waals surface area contributed by atoms with Crippen molar-refractivity contribution in [3.63, 3.8) is 0 Å². The van der Waals surface area contributed by atoms with Crippen LogP contribution in [0.25, 0.3) is 0 Å². The molecule has 0 radical (unpaired) electrons. The van der Waals surface area contributed by atoms with E-state index in [0.717, 1.165) is 18.6 Å². The van der Waals surface area contributed by atoms with Gasteiger partial charge in [0.1, 0.15) is 0 Å². The summed E-state index contributed by atoms with van der Waals surface area (Å²) in [6, 6.07) is 4.28. The number of nitrogens with one attached hydrogen (secondary N) is 1. The quantitative estimate of drug-likeness (QED) is 0.598. The molecule has 0 saturated heterocycles. The Balaban J connectivity index is 1.64. The van der Waals surface area contributed by atoms with Gasteiger partial charge in [0.2, 0.25) is 0 Å². The third kappa shape index (κ3) is 6.96. The summed E-state index contributed by atoms with van der Waals surface area (Å²) in [7, 11) is 0. The Morgan fingerprint density at radius 3 is 2.74 bits per heavy atom. The summed E-state index contributed by atoms with van der Waals surface area (Å²) >= 11 is 3.19. The fraction of sp³-hybridized carbons (Fsp3) is 0.647. The normalized spacial score (nSPS) is 17.3. The maximum absolute atomic E-state index is 12.1. The van der Waals surface area contributed by atoms with E-state index >= 15 is 0 Å². The molecule has 6 heteroatoms. The highest BCUT2D eigenvalue weighted by Crippen LogP contribution is 2.18. The van der Waals surface area contributed by atoms with Crippen LogP contribution in [-0.4, -0.2) is 29.8 Å². The third-order valence-corrected chi connectivity index (χ3v) is 5.94. The van der Waals surface area contributed by atoms with E-state index in [1.165, 1.54) is 42.3 Å². The molecule has 1 aromatic heterocycles. The Hall–Kier alpha value is -1.01. The average molecular weight is 356 g/mol. The molecule has 1 fully saturated rings.